The van der Waals surface area contributed by atoms with Crippen LogP contribution in [0, 0.1) is 5.92 Å². The topological polar surface area (TPSA) is 84.9 Å². The fraction of sp³-hybridized carbons (Fsp3) is 0.586. The molecule has 1 aliphatic carbocycles. The number of carbonyl (C=O) groups excluding carboxylic acids is 2. The summed E-state index contributed by atoms with van der Waals surface area (Å²) in [7, 11) is 1.39. The van der Waals surface area contributed by atoms with E-state index in [-0.39, 0.29) is 12.1 Å². The van der Waals surface area contributed by atoms with Gasteiger partial charge in [-0.1, -0.05) is 32.1 Å². The number of rotatable bonds is 5. The van der Waals surface area contributed by atoms with Gasteiger partial charge in [0.15, 0.2) is 0 Å². The van der Waals surface area contributed by atoms with Gasteiger partial charge < -0.3 is 19.3 Å². The molecule has 8 heteroatoms. The lowest BCUT2D eigenvalue weighted by Gasteiger charge is -2.40. The summed E-state index contributed by atoms with van der Waals surface area (Å²) in [6, 6.07) is 7.54. The predicted molar refractivity (Wildman–Crippen MR) is 144 cm³/mol. The Morgan fingerprint density at radius 2 is 1.84 bits per heavy atom. The van der Waals surface area contributed by atoms with E-state index in [1.54, 1.807) is 17.0 Å². The zero-order chi connectivity index (χ0) is 26.6. The van der Waals surface area contributed by atoms with E-state index in [1.165, 1.54) is 39.2 Å². The van der Waals surface area contributed by atoms with Crippen molar-refractivity contribution >= 4 is 17.9 Å². The standard InChI is InChI=1S/C29H40N4O4/c1-20-19-32(13-14-33(20)28(35)37-29(2,3)4)26-18-23(27(34)36-5)17-25(31-26)22-11-12-30-24(16-22)15-21-9-7-6-8-10-21/h11-12,16-18,20-21H,6-10,13-15,19H2,1-5H3/t20-/m0/s1. The van der Waals surface area contributed by atoms with Crippen LogP contribution >= 0.6 is 0 Å². The van der Waals surface area contributed by atoms with Crippen molar-refractivity contribution in [3.63, 3.8) is 0 Å². The van der Waals surface area contributed by atoms with Crippen LogP contribution in [-0.2, 0) is 15.9 Å². The highest BCUT2D eigenvalue weighted by Crippen LogP contribution is 2.29. The highest BCUT2D eigenvalue weighted by molar-refractivity contribution is 5.91. The Bertz CT molecular complexity index is 1110. The van der Waals surface area contributed by atoms with Crippen molar-refractivity contribution in [1.29, 1.82) is 0 Å². The van der Waals surface area contributed by atoms with Crippen LogP contribution in [0.4, 0.5) is 10.6 Å². The number of carbonyl (C=O) groups is 2. The van der Waals surface area contributed by atoms with Gasteiger partial charge in [0.05, 0.1) is 18.4 Å². The van der Waals surface area contributed by atoms with E-state index >= 15 is 0 Å². The molecule has 1 saturated carbocycles. The van der Waals surface area contributed by atoms with Crippen LogP contribution in [0.2, 0.25) is 0 Å². The molecule has 8 nitrogen and oxygen atoms in total. The van der Waals surface area contributed by atoms with Crippen molar-refractivity contribution < 1.29 is 19.1 Å². The molecule has 0 aromatic carbocycles. The summed E-state index contributed by atoms with van der Waals surface area (Å²) in [6.07, 6.45) is 8.97. The third-order valence-corrected chi connectivity index (χ3v) is 7.15. The summed E-state index contributed by atoms with van der Waals surface area (Å²) in [6.45, 7) is 9.29. The van der Waals surface area contributed by atoms with Gasteiger partial charge in [-0.15, -0.1) is 0 Å². The first kappa shape index (κ1) is 26.9. The first-order chi connectivity index (χ1) is 17.6. The van der Waals surface area contributed by atoms with Crippen molar-refractivity contribution in [2.24, 2.45) is 5.92 Å². The van der Waals surface area contributed by atoms with Crippen molar-refractivity contribution in [3.05, 3.63) is 41.7 Å². The van der Waals surface area contributed by atoms with Crippen molar-refractivity contribution in [1.82, 2.24) is 14.9 Å². The second-order valence-electron chi connectivity index (χ2n) is 11.3. The molecule has 3 heterocycles. The van der Waals surface area contributed by atoms with Gasteiger partial charge in [0, 0.05) is 43.1 Å². The maximum absolute atomic E-state index is 12.7. The first-order valence-electron chi connectivity index (χ1n) is 13.4. The molecular weight excluding hydrogens is 468 g/mol. The summed E-state index contributed by atoms with van der Waals surface area (Å²) >= 11 is 0. The Balaban J connectivity index is 1.57. The Hall–Kier alpha value is -3.16. The molecule has 2 aromatic rings. The number of ether oxygens (including phenoxy) is 2. The zero-order valence-electron chi connectivity index (χ0n) is 22.8. The van der Waals surface area contributed by atoms with Crippen LogP contribution in [0.3, 0.4) is 0 Å². The van der Waals surface area contributed by atoms with Crippen molar-refractivity contribution in [2.75, 3.05) is 31.6 Å². The maximum Gasteiger partial charge on any atom is 0.410 e. The molecule has 0 N–H and O–H groups in total. The van der Waals surface area contributed by atoms with Crippen LogP contribution in [0.25, 0.3) is 11.3 Å². The fourth-order valence-corrected chi connectivity index (χ4v) is 5.26. The van der Waals surface area contributed by atoms with Crippen LogP contribution in [0.15, 0.2) is 30.5 Å². The fourth-order valence-electron chi connectivity index (χ4n) is 5.26. The minimum absolute atomic E-state index is 0.0707. The van der Waals surface area contributed by atoms with E-state index in [1.807, 2.05) is 40.0 Å². The number of nitrogens with zero attached hydrogens (tertiary/aromatic N) is 4. The molecule has 4 rings (SSSR count). The van der Waals surface area contributed by atoms with Crippen molar-refractivity contribution in [2.45, 2.75) is 77.9 Å². The molecule has 2 fully saturated rings. The summed E-state index contributed by atoms with van der Waals surface area (Å²) in [5, 5.41) is 0. The lowest BCUT2D eigenvalue weighted by Crippen LogP contribution is -2.55. The lowest BCUT2D eigenvalue weighted by molar-refractivity contribution is 0.0158. The van der Waals surface area contributed by atoms with E-state index in [2.05, 4.69) is 16.0 Å². The number of piperazine rings is 1. The van der Waals surface area contributed by atoms with Gasteiger partial charge in [0.1, 0.15) is 11.4 Å². The Morgan fingerprint density at radius 3 is 2.51 bits per heavy atom. The minimum atomic E-state index is -0.542. The van der Waals surface area contributed by atoms with Crippen LogP contribution < -0.4 is 4.90 Å². The number of hydrogen-bond donors (Lipinski definition) is 0. The van der Waals surface area contributed by atoms with E-state index < -0.39 is 11.6 Å². The van der Waals surface area contributed by atoms with Gasteiger partial charge in [-0.3, -0.25) is 4.98 Å². The summed E-state index contributed by atoms with van der Waals surface area (Å²) in [4.78, 5) is 38.7. The molecule has 0 unspecified atom stereocenters. The second-order valence-corrected chi connectivity index (χ2v) is 11.3. The quantitative estimate of drug-likeness (QED) is 0.493. The lowest BCUT2D eigenvalue weighted by atomic mass is 9.86. The third-order valence-electron chi connectivity index (χ3n) is 7.15. The highest BCUT2D eigenvalue weighted by atomic mass is 16.6. The van der Waals surface area contributed by atoms with Gasteiger partial charge in [0.2, 0.25) is 0 Å². The molecule has 1 saturated heterocycles. The zero-order valence-corrected chi connectivity index (χ0v) is 22.8. The SMILES string of the molecule is COC(=O)c1cc(-c2ccnc(CC3CCCCC3)c2)nc(N2CCN(C(=O)OC(C)(C)C)[C@@H](C)C2)c1. The van der Waals surface area contributed by atoms with Crippen LogP contribution in [0.1, 0.15) is 75.9 Å². The average Bonchev–Trinajstić information content (AvgIpc) is 2.87. The second kappa shape index (κ2) is 11.5. The molecule has 2 aromatic heterocycles. The molecule has 0 spiro atoms. The smallest absolute Gasteiger partial charge is 0.410 e. The summed E-state index contributed by atoms with van der Waals surface area (Å²) in [5.41, 5.74) is 2.63. The maximum atomic E-state index is 12.7. The molecule has 1 amide bonds. The Labute approximate surface area is 220 Å². The number of hydrogen-bond acceptors (Lipinski definition) is 7. The van der Waals surface area contributed by atoms with Crippen LogP contribution in [-0.4, -0.2) is 65.3 Å². The molecule has 0 radical (unpaired) electrons. The molecule has 1 atom stereocenters. The van der Waals surface area contributed by atoms with Gasteiger partial charge in [0.25, 0.3) is 0 Å². The number of amides is 1. The normalized spacial score (nSPS) is 19.0. The van der Waals surface area contributed by atoms with Crippen molar-refractivity contribution in [3.8, 4) is 11.3 Å². The van der Waals surface area contributed by atoms with Crippen LogP contribution in [0.5, 0.6) is 0 Å². The monoisotopic (exact) mass is 508 g/mol. The molecule has 37 heavy (non-hydrogen) atoms. The molecule has 1 aliphatic heterocycles. The van der Waals surface area contributed by atoms with Gasteiger partial charge in [-0.25, -0.2) is 14.6 Å². The Morgan fingerprint density at radius 1 is 1.08 bits per heavy atom. The largest absolute Gasteiger partial charge is 0.465 e. The average molecular weight is 509 g/mol. The van der Waals surface area contributed by atoms with Gasteiger partial charge in [-0.2, -0.15) is 0 Å². The highest BCUT2D eigenvalue weighted by Gasteiger charge is 2.31. The van der Waals surface area contributed by atoms with Gasteiger partial charge >= 0.3 is 12.1 Å². The number of anilines is 1. The number of esters is 1. The number of aromatic nitrogens is 2. The van der Waals surface area contributed by atoms with Gasteiger partial charge in [-0.05, 0) is 64.3 Å². The van der Waals surface area contributed by atoms with E-state index in [9.17, 15) is 9.59 Å². The molecule has 200 valence electrons. The van der Waals surface area contributed by atoms with E-state index in [4.69, 9.17) is 14.5 Å². The molecule has 0 bridgehead atoms. The summed E-state index contributed by atoms with van der Waals surface area (Å²) < 4.78 is 10.6. The minimum Gasteiger partial charge on any atom is -0.465 e. The molecular formula is C29H40N4O4. The number of methoxy groups -OCH3 is 1. The van der Waals surface area contributed by atoms with E-state index in [0.29, 0.717) is 42.6 Å². The predicted octanol–water partition coefficient (Wildman–Crippen LogP) is 5.50. The van der Waals surface area contributed by atoms with E-state index in [0.717, 1.165) is 17.7 Å². The molecule has 2 aliphatic rings. The Kier molecular flexibility index (Phi) is 8.35. The third kappa shape index (κ3) is 6.99. The number of pyridine rings is 2. The first-order valence-corrected chi connectivity index (χ1v) is 13.4. The summed E-state index contributed by atoms with van der Waals surface area (Å²) in [5.74, 6) is 0.977.